The van der Waals surface area contributed by atoms with Crippen molar-refractivity contribution in [1.82, 2.24) is 23.8 Å². The van der Waals surface area contributed by atoms with Crippen molar-refractivity contribution in [1.29, 1.82) is 0 Å². The lowest BCUT2D eigenvalue weighted by atomic mass is 9.92. The molecule has 4 aromatic carbocycles. The number of nitrogens with zero attached hydrogens (tertiary/aromatic N) is 5. The van der Waals surface area contributed by atoms with Gasteiger partial charge in [0.25, 0.3) is 0 Å². The molecule has 5 heterocycles. The molecule has 0 aliphatic carbocycles. The molecule has 43 heavy (non-hydrogen) atoms. The third kappa shape index (κ3) is 3.44. The molecule has 0 aliphatic rings. The van der Waals surface area contributed by atoms with Gasteiger partial charge in [-0.1, -0.05) is 36.4 Å². The van der Waals surface area contributed by atoms with E-state index in [1.165, 1.54) is 27.6 Å². The molecule has 0 saturated carbocycles. The summed E-state index contributed by atoms with van der Waals surface area (Å²) in [5.41, 5.74) is 9.04. The molecule has 204 valence electrons. The number of pyridine rings is 3. The van der Waals surface area contributed by atoms with Crippen molar-refractivity contribution < 1.29 is 4.74 Å². The average molecular weight is 556 g/mol. The van der Waals surface area contributed by atoms with E-state index in [-0.39, 0.29) is 0 Å². The first-order chi connectivity index (χ1) is 21.2. The Morgan fingerprint density at radius 3 is 1.98 bits per heavy atom. The molecule has 9 aromatic rings. The smallest absolute Gasteiger partial charge is 0.145 e. The molecule has 6 heteroatoms. The lowest BCUT2D eigenvalue weighted by Crippen LogP contribution is -1.96. The summed E-state index contributed by atoms with van der Waals surface area (Å²) in [6, 6.07) is 27.6. The van der Waals surface area contributed by atoms with E-state index in [1.807, 2.05) is 49.2 Å². The zero-order chi connectivity index (χ0) is 28.7. The molecule has 0 radical (unpaired) electrons. The molecular weight excluding hydrogens is 530 g/mol. The van der Waals surface area contributed by atoms with Gasteiger partial charge >= 0.3 is 0 Å². The van der Waals surface area contributed by atoms with Crippen LogP contribution in [0.4, 0.5) is 0 Å². The molecule has 0 spiro atoms. The zero-order valence-corrected chi connectivity index (χ0v) is 23.6. The number of hydrogen-bond donors (Lipinski definition) is 0. The third-order valence-electron chi connectivity index (χ3n) is 8.65. The topological polar surface area (TPSA) is 56.7 Å². The standard InChI is InChI=1S/C37H25N5O/c1-22-5-3-6-23(2)34(22)29-8-4-7-28-26-11-9-24(19-30(26)37-40-16-18-42(37)35(28)29)43-25-10-12-27-31(20-25)36-39-15-17-41(36)33-13-14-38-21-32(27)33/h3-21H,1-2H3. The summed E-state index contributed by atoms with van der Waals surface area (Å²) >= 11 is 0. The van der Waals surface area contributed by atoms with Crippen LogP contribution in [0.15, 0.2) is 116 Å². The van der Waals surface area contributed by atoms with Gasteiger partial charge < -0.3 is 4.74 Å². The van der Waals surface area contributed by atoms with E-state index in [1.54, 1.807) is 0 Å². The van der Waals surface area contributed by atoms with E-state index in [0.717, 1.165) is 60.8 Å². The number of benzene rings is 4. The first-order valence-corrected chi connectivity index (χ1v) is 14.3. The van der Waals surface area contributed by atoms with E-state index >= 15 is 0 Å². The number of aromatic nitrogens is 5. The van der Waals surface area contributed by atoms with Crippen LogP contribution in [0.25, 0.3) is 65.8 Å². The van der Waals surface area contributed by atoms with E-state index in [2.05, 4.69) is 99.5 Å². The monoisotopic (exact) mass is 555 g/mol. The highest BCUT2D eigenvalue weighted by molar-refractivity contribution is 6.15. The van der Waals surface area contributed by atoms with Crippen LogP contribution in [0.1, 0.15) is 11.1 Å². The predicted molar refractivity (Wildman–Crippen MR) is 173 cm³/mol. The van der Waals surface area contributed by atoms with Crippen LogP contribution in [0, 0.1) is 13.8 Å². The predicted octanol–water partition coefficient (Wildman–Crippen LogP) is 9.07. The summed E-state index contributed by atoms with van der Waals surface area (Å²) in [5.74, 6) is 1.50. The van der Waals surface area contributed by atoms with Crippen molar-refractivity contribution in [2.45, 2.75) is 13.8 Å². The number of rotatable bonds is 3. The fourth-order valence-corrected chi connectivity index (χ4v) is 6.80. The van der Waals surface area contributed by atoms with E-state index in [9.17, 15) is 0 Å². The lowest BCUT2D eigenvalue weighted by molar-refractivity contribution is 0.484. The van der Waals surface area contributed by atoms with Crippen molar-refractivity contribution in [2.75, 3.05) is 0 Å². The van der Waals surface area contributed by atoms with Crippen LogP contribution < -0.4 is 4.74 Å². The minimum Gasteiger partial charge on any atom is -0.457 e. The van der Waals surface area contributed by atoms with Crippen LogP contribution in [0.3, 0.4) is 0 Å². The maximum Gasteiger partial charge on any atom is 0.145 e. The lowest BCUT2D eigenvalue weighted by Gasteiger charge is -2.16. The van der Waals surface area contributed by atoms with E-state index < -0.39 is 0 Å². The highest BCUT2D eigenvalue weighted by Crippen LogP contribution is 2.39. The highest BCUT2D eigenvalue weighted by Gasteiger charge is 2.17. The Morgan fingerprint density at radius 2 is 1.23 bits per heavy atom. The van der Waals surface area contributed by atoms with Crippen molar-refractivity contribution in [3.63, 3.8) is 0 Å². The summed E-state index contributed by atoms with van der Waals surface area (Å²) in [6.45, 7) is 4.36. The van der Waals surface area contributed by atoms with Crippen LogP contribution in [-0.4, -0.2) is 23.8 Å². The molecule has 0 aliphatic heterocycles. The number of hydrogen-bond acceptors (Lipinski definition) is 4. The molecule has 5 aromatic heterocycles. The molecule has 0 saturated heterocycles. The first-order valence-electron chi connectivity index (χ1n) is 14.3. The molecule has 0 fully saturated rings. The minimum absolute atomic E-state index is 0.748. The molecule has 9 rings (SSSR count). The normalized spacial score (nSPS) is 12.0. The molecule has 0 amide bonds. The summed E-state index contributed by atoms with van der Waals surface area (Å²) < 4.78 is 10.8. The average Bonchev–Trinajstić information content (AvgIpc) is 3.72. The summed E-state index contributed by atoms with van der Waals surface area (Å²) in [5, 5.41) is 6.56. The third-order valence-corrected chi connectivity index (χ3v) is 8.65. The molecule has 0 atom stereocenters. The Morgan fingerprint density at radius 1 is 0.581 bits per heavy atom. The molecule has 6 nitrogen and oxygen atoms in total. The molecule has 0 N–H and O–H groups in total. The van der Waals surface area contributed by atoms with Crippen molar-refractivity contribution in [2.24, 2.45) is 0 Å². The summed E-state index contributed by atoms with van der Waals surface area (Å²) in [6.07, 6.45) is 11.5. The first kappa shape index (κ1) is 23.9. The largest absolute Gasteiger partial charge is 0.457 e. The fraction of sp³-hybridized carbons (Fsp3) is 0.0541. The Balaban J connectivity index is 1.22. The molecule has 0 unspecified atom stereocenters. The van der Waals surface area contributed by atoms with E-state index in [0.29, 0.717) is 0 Å². The van der Waals surface area contributed by atoms with Gasteiger partial charge in [-0.3, -0.25) is 13.8 Å². The summed E-state index contributed by atoms with van der Waals surface area (Å²) in [7, 11) is 0. The van der Waals surface area contributed by atoms with Gasteiger partial charge in [0.1, 0.15) is 22.8 Å². The van der Waals surface area contributed by atoms with E-state index in [4.69, 9.17) is 9.72 Å². The number of ether oxygens (including phenoxy) is 1. The van der Waals surface area contributed by atoms with Gasteiger partial charge in [0.15, 0.2) is 0 Å². The number of para-hydroxylation sites is 1. The van der Waals surface area contributed by atoms with Crippen LogP contribution in [-0.2, 0) is 0 Å². The maximum absolute atomic E-state index is 6.50. The second-order valence-electron chi connectivity index (χ2n) is 11.1. The molecular formula is C37H25N5O. The highest BCUT2D eigenvalue weighted by atomic mass is 16.5. The summed E-state index contributed by atoms with van der Waals surface area (Å²) in [4.78, 5) is 13.8. The van der Waals surface area contributed by atoms with Gasteiger partial charge in [0.05, 0.1) is 11.0 Å². The van der Waals surface area contributed by atoms with Crippen molar-refractivity contribution >= 4 is 54.6 Å². The fourth-order valence-electron chi connectivity index (χ4n) is 6.80. The van der Waals surface area contributed by atoms with Gasteiger partial charge in [0, 0.05) is 64.3 Å². The van der Waals surface area contributed by atoms with Gasteiger partial charge in [-0.05, 0) is 83.8 Å². The van der Waals surface area contributed by atoms with Crippen molar-refractivity contribution in [3.05, 3.63) is 127 Å². The van der Waals surface area contributed by atoms with Gasteiger partial charge in [-0.15, -0.1) is 0 Å². The van der Waals surface area contributed by atoms with Crippen LogP contribution in [0.5, 0.6) is 11.5 Å². The molecule has 0 bridgehead atoms. The zero-order valence-electron chi connectivity index (χ0n) is 23.6. The Hall–Kier alpha value is -5.75. The Labute approximate surface area is 246 Å². The number of fused-ring (bicyclic) bond motifs is 12. The van der Waals surface area contributed by atoms with Crippen LogP contribution >= 0.6 is 0 Å². The maximum atomic E-state index is 6.50. The quantitative estimate of drug-likeness (QED) is 0.204. The Kier molecular flexibility index (Phi) is 4.93. The SMILES string of the molecule is Cc1cccc(C)c1-c1cccc2c3ccc(Oc4ccc5c6cnccc6n6ccnc6c5c4)cc3c3nccn3c12. The second kappa shape index (κ2) is 8.87. The van der Waals surface area contributed by atoms with Gasteiger partial charge in [-0.2, -0.15) is 0 Å². The second-order valence-corrected chi connectivity index (χ2v) is 11.1. The van der Waals surface area contributed by atoms with Crippen molar-refractivity contribution in [3.8, 4) is 22.6 Å². The Bertz CT molecular complexity index is 2560. The van der Waals surface area contributed by atoms with Gasteiger partial charge in [0.2, 0.25) is 0 Å². The minimum atomic E-state index is 0.748. The van der Waals surface area contributed by atoms with Crippen LogP contribution in [0.2, 0.25) is 0 Å². The number of imidazole rings is 2. The van der Waals surface area contributed by atoms with Gasteiger partial charge in [-0.25, -0.2) is 9.97 Å². The number of aryl methyl sites for hydroxylation is 2.